The van der Waals surface area contributed by atoms with E-state index in [4.69, 9.17) is 0 Å². The number of nitrogens with zero attached hydrogens (tertiary/aromatic N) is 3. The molecule has 1 rings (SSSR count). The molecule has 0 radical (unpaired) electrons. The van der Waals surface area contributed by atoms with Crippen LogP contribution < -0.4 is 5.32 Å². The third-order valence-electron chi connectivity index (χ3n) is 3.47. The summed E-state index contributed by atoms with van der Waals surface area (Å²) in [6.07, 6.45) is 5.01. The first kappa shape index (κ1) is 17.2. The van der Waals surface area contributed by atoms with Crippen LogP contribution in [0.1, 0.15) is 60.2 Å². The summed E-state index contributed by atoms with van der Waals surface area (Å²) in [7, 11) is 0. The van der Waals surface area contributed by atoms with Crippen molar-refractivity contribution in [3.8, 4) is 0 Å². The number of rotatable bonds is 9. The summed E-state index contributed by atoms with van der Waals surface area (Å²) < 4.78 is 2.07. The van der Waals surface area contributed by atoms with Gasteiger partial charge in [0.1, 0.15) is 12.2 Å². The van der Waals surface area contributed by atoms with Gasteiger partial charge < -0.3 is 5.32 Å². The SMILES string of the molecule is CCCNC(C)CC(C)(C)Cc1ncnn1CC(C)C. The van der Waals surface area contributed by atoms with Crippen molar-refractivity contribution in [2.45, 2.75) is 73.4 Å². The van der Waals surface area contributed by atoms with Crippen molar-refractivity contribution >= 4 is 0 Å². The molecule has 1 aromatic heterocycles. The van der Waals surface area contributed by atoms with Gasteiger partial charge in [-0.2, -0.15) is 5.10 Å². The van der Waals surface area contributed by atoms with Crippen LogP contribution in [0.25, 0.3) is 0 Å². The Hall–Kier alpha value is -0.900. The first-order valence-electron chi connectivity index (χ1n) is 7.94. The summed E-state index contributed by atoms with van der Waals surface area (Å²) in [5.74, 6) is 1.72. The maximum Gasteiger partial charge on any atom is 0.138 e. The van der Waals surface area contributed by atoms with E-state index in [-0.39, 0.29) is 5.41 Å². The van der Waals surface area contributed by atoms with Gasteiger partial charge in [0.05, 0.1) is 0 Å². The zero-order chi connectivity index (χ0) is 15.2. The van der Waals surface area contributed by atoms with Crippen LogP contribution in [0.2, 0.25) is 0 Å². The molecule has 1 aromatic rings. The zero-order valence-corrected chi connectivity index (χ0v) is 14.1. The Morgan fingerprint density at radius 2 is 2.00 bits per heavy atom. The molecule has 1 N–H and O–H groups in total. The Labute approximate surface area is 124 Å². The molecule has 116 valence electrons. The Morgan fingerprint density at radius 1 is 1.30 bits per heavy atom. The van der Waals surface area contributed by atoms with Crippen LogP contribution in [-0.4, -0.2) is 27.4 Å². The van der Waals surface area contributed by atoms with Gasteiger partial charge in [-0.3, -0.25) is 0 Å². The first-order chi connectivity index (χ1) is 9.34. The van der Waals surface area contributed by atoms with Crippen LogP contribution in [0.5, 0.6) is 0 Å². The topological polar surface area (TPSA) is 42.7 Å². The Kier molecular flexibility index (Phi) is 6.66. The smallest absolute Gasteiger partial charge is 0.138 e. The van der Waals surface area contributed by atoms with Gasteiger partial charge in [-0.1, -0.05) is 34.6 Å². The van der Waals surface area contributed by atoms with Crippen molar-refractivity contribution in [3.05, 3.63) is 12.2 Å². The predicted molar refractivity (Wildman–Crippen MR) is 84.7 cm³/mol. The molecule has 1 unspecified atom stereocenters. The van der Waals surface area contributed by atoms with Gasteiger partial charge in [-0.15, -0.1) is 0 Å². The summed E-state index contributed by atoms with van der Waals surface area (Å²) in [5, 5.41) is 7.93. The summed E-state index contributed by atoms with van der Waals surface area (Å²) >= 11 is 0. The summed E-state index contributed by atoms with van der Waals surface area (Å²) in [5.41, 5.74) is 0.238. The summed E-state index contributed by atoms with van der Waals surface area (Å²) in [6.45, 7) is 15.6. The lowest BCUT2D eigenvalue weighted by Gasteiger charge is -2.28. The van der Waals surface area contributed by atoms with E-state index in [2.05, 4.69) is 61.6 Å². The predicted octanol–water partition coefficient (Wildman–Crippen LogP) is 3.28. The molecule has 0 aliphatic rings. The maximum atomic E-state index is 4.46. The second kappa shape index (κ2) is 7.77. The van der Waals surface area contributed by atoms with Gasteiger partial charge in [0.2, 0.25) is 0 Å². The second-order valence-electron chi connectivity index (χ2n) is 7.15. The van der Waals surface area contributed by atoms with Crippen molar-refractivity contribution in [3.63, 3.8) is 0 Å². The lowest BCUT2D eigenvalue weighted by Crippen LogP contribution is -2.33. The number of hydrogen-bond acceptors (Lipinski definition) is 3. The number of hydrogen-bond donors (Lipinski definition) is 1. The van der Waals surface area contributed by atoms with E-state index in [1.807, 2.05) is 0 Å². The minimum absolute atomic E-state index is 0.238. The van der Waals surface area contributed by atoms with Crippen LogP contribution in [-0.2, 0) is 13.0 Å². The van der Waals surface area contributed by atoms with Crippen LogP contribution in [0.3, 0.4) is 0 Å². The minimum Gasteiger partial charge on any atom is -0.314 e. The maximum absolute atomic E-state index is 4.46. The van der Waals surface area contributed by atoms with Gasteiger partial charge in [-0.25, -0.2) is 9.67 Å². The fourth-order valence-electron chi connectivity index (χ4n) is 2.72. The summed E-state index contributed by atoms with van der Waals surface area (Å²) in [4.78, 5) is 4.46. The van der Waals surface area contributed by atoms with Crippen LogP contribution >= 0.6 is 0 Å². The van der Waals surface area contributed by atoms with Gasteiger partial charge in [0.25, 0.3) is 0 Å². The molecule has 1 heterocycles. The Balaban J connectivity index is 2.59. The number of nitrogens with one attached hydrogen (secondary N) is 1. The lowest BCUT2D eigenvalue weighted by atomic mass is 9.82. The summed E-state index contributed by atoms with van der Waals surface area (Å²) in [6, 6.07) is 0.548. The molecular formula is C16H32N4. The molecule has 0 aliphatic heterocycles. The molecule has 0 fully saturated rings. The average molecular weight is 280 g/mol. The fraction of sp³-hybridized carbons (Fsp3) is 0.875. The highest BCUT2D eigenvalue weighted by Gasteiger charge is 2.24. The van der Waals surface area contributed by atoms with Gasteiger partial charge in [-0.05, 0) is 37.6 Å². The van der Waals surface area contributed by atoms with E-state index in [1.54, 1.807) is 6.33 Å². The molecule has 4 nitrogen and oxygen atoms in total. The van der Waals surface area contributed by atoms with Crippen molar-refractivity contribution < 1.29 is 0 Å². The molecule has 1 atom stereocenters. The molecule has 0 amide bonds. The number of aromatic nitrogens is 3. The van der Waals surface area contributed by atoms with Crippen LogP contribution in [0, 0.1) is 11.3 Å². The van der Waals surface area contributed by atoms with Crippen LogP contribution in [0.15, 0.2) is 6.33 Å². The van der Waals surface area contributed by atoms with Crippen LogP contribution in [0.4, 0.5) is 0 Å². The van der Waals surface area contributed by atoms with Crippen molar-refractivity contribution in [1.29, 1.82) is 0 Å². The molecule has 0 aromatic carbocycles. The molecule has 0 aliphatic carbocycles. The highest BCUT2D eigenvalue weighted by Crippen LogP contribution is 2.26. The van der Waals surface area contributed by atoms with Gasteiger partial charge in [0, 0.05) is 19.0 Å². The Morgan fingerprint density at radius 3 is 2.60 bits per heavy atom. The van der Waals surface area contributed by atoms with E-state index in [1.165, 1.54) is 6.42 Å². The Bertz CT molecular complexity index is 382. The average Bonchev–Trinajstić information content (AvgIpc) is 2.71. The van der Waals surface area contributed by atoms with Crippen molar-refractivity contribution in [1.82, 2.24) is 20.1 Å². The van der Waals surface area contributed by atoms with E-state index in [0.29, 0.717) is 12.0 Å². The highest BCUT2D eigenvalue weighted by molar-refractivity contribution is 4.92. The third kappa shape index (κ3) is 6.04. The first-order valence-corrected chi connectivity index (χ1v) is 7.94. The van der Waals surface area contributed by atoms with E-state index in [0.717, 1.165) is 31.8 Å². The second-order valence-corrected chi connectivity index (χ2v) is 7.15. The van der Waals surface area contributed by atoms with E-state index >= 15 is 0 Å². The quantitative estimate of drug-likeness (QED) is 0.755. The van der Waals surface area contributed by atoms with Crippen molar-refractivity contribution in [2.24, 2.45) is 11.3 Å². The molecule has 20 heavy (non-hydrogen) atoms. The van der Waals surface area contributed by atoms with Gasteiger partial charge in [0.15, 0.2) is 0 Å². The standard InChI is InChI=1S/C16H32N4/c1-7-8-17-14(4)9-16(5,6)10-15-18-12-19-20(15)11-13(2)3/h12-14,17H,7-11H2,1-6H3. The molecule has 4 heteroatoms. The molecule has 0 bridgehead atoms. The molecule has 0 saturated heterocycles. The largest absolute Gasteiger partial charge is 0.314 e. The highest BCUT2D eigenvalue weighted by atomic mass is 15.3. The lowest BCUT2D eigenvalue weighted by molar-refractivity contribution is 0.275. The minimum atomic E-state index is 0.238. The molecular weight excluding hydrogens is 248 g/mol. The normalized spacial score (nSPS) is 13.9. The van der Waals surface area contributed by atoms with E-state index in [9.17, 15) is 0 Å². The monoisotopic (exact) mass is 280 g/mol. The van der Waals surface area contributed by atoms with Gasteiger partial charge >= 0.3 is 0 Å². The molecule has 0 saturated carbocycles. The van der Waals surface area contributed by atoms with Crippen molar-refractivity contribution in [2.75, 3.05) is 6.54 Å². The van der Waals surface area contributed by atoms with E-state index < -0.39 is 0 Å². The zero-order valence-electron chi connectivity index (χ0n) is 14.1. The third-order valence-corrected chi connectivity index (χ3v) is 3.47. The molecule has 0 spiro atoms. The fourth-order valence-corrected chi connectivity index (χ4v) is 2.72.